The van der Waals surface area contributed by atoms with E-state index in [0.717, 1.165) is 18.4 Å². The van der Waals surface area contributed by atoms with Crippen LogP contribution < -0.4 is 0 Å². The Hall–Kier alpha value is -1.87. The van der Waals surface area contributed by atoms with Gasteiger partial charge >= 0.3 is 11.9 Å². The van der Waals surface area contributed by atoms with Crippen LogP contribution in [0.15, 0.2) is 22.7 Å². The van der Waals surface area contributed by atoms with Crippen molar-refractivity contribution < 1.29 is 19.1 Å². The van der Waals surface area contributed by atoms with E-state index < -0.39 is 17.8 Å². The molecule has 0 unspecified atom stereocenters. The zero-order valence-electron chi connectivity index (χ0n) is 13.0. The predicted octanol–water partition coefficient (Wildman–Crippen LogP) is 3.17. The lowest BCUT2D eigenvalue weighted by Gasteiger charge is -2.35. The highest BCUT2D eigenvalue weighted by molar-refractivity contribution is 9.10. The molecule has 1 aromatic carbocycles. The maximum absolute atomic E-state index is 12.3. The largest absolute Gasteiger partial charge is 0.469 e. The second-order valence-corrected chi connectivity index (χ2v) is 6.42. The Morgan fingerprint density at radius 2 is 1.91 bits per heavy atom. The highest BCUT2D eigenvalue weighted by Gasteiger charge is 2.44. The summed E-state index contributed by atoms with van der Waals surface area (Å²) in [7, 11) is 2.65. The smallest absolute Gasteiger partial charge is 0.310 e. The van der Waals surface area contributed by atoms with Crippen LogP contribution in [0.25, 0.3) is 0 Å². The van der Waals surface area contributed by atoms with Crippen molar-refractivity contribution in [3.05, 3.63) is 33.8 Å². The summed E-state index contributed by atoms with van der Waals surface area (Å²) in [6, 6.07) is 7.57. The monoisotopic (exact) mass is 379 g/mol. The summed E-state index contributed by atoms with van der Waals surface area (Å²) < 4.78 is 10.5. The van der Waals surface area contributed by atoms with E-state index >= 15 is 0 Å². The fraction of sp³-hybridized carbons (Fsp3) is 0.471. The van der Waals surface area contributed by atoms with Crippen LogP contribution in [0.4, 0.5) is 0 Å². The number of carbonyl (C=O) groups excluding carboxylic acids is 2. The maximum Gasteiger partial charge on any atom is 0.310 e. The summed E-state index contributed by atoms with van der Waals surface area (Å²) in [5.41, 5.74) is 1.38. The van der Waals surface area contributed by atoms with Crippen molar-refractivity contribution in [3.8, 4) is 6.07 Å². The Morgan fingerprint density at radius 3 is 2.52 bits per heavy atom. The van der Waals surface area contributed by atoms with E-state index in [2.05, 4.69) is 22.0 Å². The molecule has 0 amide bonds. The van der Waals surface area contributed by atoms with Gasteiger partial charge in [-0.1, -0.05) is 12.5 Å². The molecule has 0 spiro atoms. The molecule has 0 saturated heterocycles. The molecule has 1 aromatic rings. The van der Waals surface area contributed by atoms with Gasteiger partial charge < -0.3 is 9.47 Å². The molecule has 0 heterocycles. The Balaban J connectivity index is 2.43. The minimum atomic E-state index is -0.589. The molecular formula is C17H18BrNO4. The van der Waals surface area contributed by atoms with Crippen molar-refractivity contribution in [2.24, 2.45) is 11.8 Å². The third-order valence-electron chi connectivity index (χ3n) is 4.41. The van der Waals surface area contributed by atoms with E-state index in [-0.39, 0.29) is 11.9 Å². The first-order valence-corrected chi connectivity index (χ1v) is 8.18. The number of rotatable bonds is 3. The quantitative estimate of drug-likeness (QED) is 0.753. The molecule has 3 atom stereocenters. The van der Waals surface area contributed by atoms with Crippen LogP contribution in [0.1, 0.15) is 36.3 Å². The summed E-state index contributed by atoms with van der Waals surface area (Å²) in [4.78, 5) is 24.4. The summed E-state index contributed by atoms with van der Waals surface area (Å²) in [6.07, 6.45) is 2.18. The van der Waals surface area contributed by atoms with E-state index in [4.69, 9.17) is 9.47 Å². The zero-order valence-corrected chi connectivity index (χ0v) is 14.6. The summed E-state index contributed by atoms with van der Waals surface area (Å²) in [5, 5.41) is 9.20. The third kappa shape index (κ3) is 3.56. The molecule has 0 N–H and O–H groups in total. The molecule has 1 saturated carbocycles. The lowest BCUT2D eigenvalue weighted by molar-refractivity contribution is -0.160. The van der Waals surface area contributed by atoms with Crippen LogP contribution in [0.5, 0.6) is 0 Å². The molecular weight excluding hydrogens is 362 g/mol. The first-order chi connectivity index (χ1) is 11.0. The number of hydrogen-bond donors (Lipinski definition) is 0. The van der Waals surface area contributed by atoms with E-state index in [1.807, 2.05) is 6.07 Å². The first kappa shape index (κ1) is 17.5. The normalized spacial score (nSPS) is 23.7. The van der Waals surface area contributed by atoms with E-state index in [1.54, 1.807) is 12.1 Å². The number of carbonyl (C=O) groups is 2. The number of esters is 2. The van der Waals surface area contributed by atoms with Crippen LogP contribution in [0, 0.1) is 23.2 Å². The standard InChI is InChI=1S/C17H18BrNO4/c1-22-16(20)13-5-3-4-12(15(13)17(21)23-2)10-6-7-14(18)11(8-10)9-19/h6-8,12-13,15H,3-5H2,1-2H3/t12-,13-,15-/m1/s1. The molecule has 1 aliphatic carbocycles. The second kappa shape index (κ2) is 7.60. The number of ether oxygens (including phenoxy) is 2. The number of nitrogens with zero attached hydrogens (tertiary/aromatic N) is 1. The van der Waals surface area contributed by atoms with Crippen molar-refractivity contribution in [1.82, 2.24) is 0 Å². The van der Waals surface area contributed by atoms with Crippen LogP contribution in [0.3, 0.4) is 0 Å². The zero-order chi connectivity index (χ0) is 17.0. The van der Waals surface area contributed by atoms with Gasteiger partial charge in [0, 0.05) is 4.47 Å². The van der Waals surface area contributed by atoms with Crippen LogP contribution in [-0.2, 0) is 19.1 Å². The highest BCUT2D eigenvalue weighted by atomic mass is 79.9. The number of halogens is 1. The molecule has 0 bridgehead atoms. The van der Waals surface area contributed by atoms with Gasteiger partial charge in [-0.15, -0.1) is 0 Å². The Bertz CT molecular complexity index is 652. The SMILES string of the molecule is COC(=O)[C@@H]1[C@@H](c2ccc(Br)c(C#N)c2)CCC[C@H]1C(=O)OC. The predicted molar refractivity (Wildman–Crippen MR) is 86.5 cm³/mol. The average molecular weight is 380 g/mol. The van der Waals surface area contributed by atoms with Gasteiger partial charge in [0.1, 0.15) is 6.07 Å². The molecule has 122 valence electrons. The van der Waals surface area contributed by atoms with Gasteiger partial charge in [0.25, 0.3) is 0 Å². The number of hydrogen-bond acceptors (Lipinski definition) is 5. The Kier molecular flexibility index (Phi) is 5.78. The second-order valence-electron chi connectivity index (χ2n) is 5.57. The topological polar surface area (TPSA) is 76.4 Å². The minimum Gasteiger partial charge on any atom is -0.469 e. The molecule has 5 nitrogen and oxygen atoms in total. The molecule has 1 aliphatic rings. The molecule has 0 aliphatic heterocycles. The lowest BCUT2D eigenvalue weighted by atomic mass is 9.69. The highest BCUT2D eigenvalue weighted by Crippen LogP contribution is 2.43. The molecule has 0 aromatic heterocycles. The summed E-state index contributed by atoms with van der Waals surface area (Å²) in [5.74, 6) is -2.07. The van der Waals surface area contributed by atoms with E-state index in [9.17, 15) is 14.9 Å². The fourth-order valence-corrected chi connectivity index (χ4v) is 3.65. The molecule has 23 heavy (non-hydrogen) atoms. The number of nitriles is 1. The third-order valence-corrected chi connectivity index (χ3v) is 5.11. The van der Waals surface area contributed by atoms with Crippen molar-refractivity contribution >= 4 is 27.9 Å². The molecule has 2 rings (SSSR count). The van der Waals surface area contributed by atoms with Crippen molar-refractivity contribution in [2.75, 3.05) is 14.2 Å². The van der Waals surface area contributed by atoms with E-state index in [0.29, 0.717) is 16.5 Å². The van der Waals surface area contributed by atoms with Crippen LogP contribution in [0.2, 0.25) is 0 Å². The summed E-state index contributed by atoms with van der Waals surface area (Å²) >= 11 is 3.33. The number of benzene rings is 1. The van der Waals surface area contributed by atoms with Gasteiger partial charge in [0.15, 0.2) is 0 Å². The van der Waals surface area contributed by atoms with E-state index in [1.165, 1.54) is 14.2 Å². The van der Waals surface area contributed by atoms with Crippen molar-refractivity contribution in [2.45, 2.75) is 25.2 Å². The van der Waals surface area contributed by atoms with Gasteiger partial charge in [0.2, 0.25) is 0 Å². The molecule has 0 radical (unpaired) electrons. The fourth-order valence-electron chi connectivity index (χ4n) is 3.31. The maximum atomic E-state index is 12.3. The lowest BCUT2D eigenvalue weighted by Crippen LogP contribution is -2.38. The van der Waals surface area contributed by atoms with Gasteiger partial charge in [-0.05, 0) is 52.4 Å². The Morgan fingerprint density at radius 1 is 1.22 bits per heavy atom. The average Bonchev–Trinajstić information content (AvgIpc) is 2.60. The molecule has 1 fully saturated rings. The van der Waals surface area contributed by atoms with Gasteiger partial charge in [0.05, 0.1) is 31.6 Å². The van der Waals surface area contributed by atoms with Crippen LogP contribution in [-0.4, -0.2) is 26.2 Å². The first-order valence-electron chi connectivity index (χ1n) is 7.38. The molecule has 6 heteroatoms. The number of methoxy groups -OCH3 is 2. The minimum absolute atomic E-state index is 0.166. The van der Waals surface area contributed by atoms with Crippen LogP contribution >= 0.6 is 15.9 Å². The van der Waals surface area contributed by atoms with Crippen molar-refractivity contribution in [1.29, 1.82) is 5.26 Å². The van der Waals surface area contributed by atoms with Gasteiger partial charge in [-0.2, -0.15) is 5.26 Å². The van der Waals surface area contributed by atoms with Gasteiger partial charge in [-0.25, -0.2) is 0 Å². The summed E-state index contributed by atoms with van der Waals surface area (Å²) in [6.45, 7) is 0. The van der Waals surface area contributed by atoms with Gasteiger partial charge in [-0.3, -0.25) is 9.59 Å². The Labute approximate surface area is 143 Å². The van der Waals surface area contributed by atoms with Crippen molar-refractivity contribution in [3.63, 3.8) is 0 Å².